The smallest absolute Gasteiger partial charge is 0.390 e. The van der Waals surface area contributed by atoms with Gasteiger partial charge >= 0.3 is 7.12 Å². The average molecular weight is 981 g/mol. The molecule has 0 radical (unpaired) electrons. The van der Waals surface area contributed by atoms with E-state index in [4.69, 9.17) is 24.0 Å². The molecule has 71 heavy (non-hydrogen) atoms. The molecule has 0 unspecified atom stereocenters. The lowest BCUT2D eigenvalue weighted by atomic mass is 9.66. The Bertz CT molecular complexity index is 2410. The van der Waals surface area contributed by atoms with Crippen molar-refractivity contribution in [3.63, 3.8) is 0 Å². The molecule has 0 bridgehead atoms. The van der Waals surface area contributed by atoms with Crippen molar-refractivity contribution in [2.75, 3.05) is 39.5 Å². The van der Waals surface area contributed by atoms with Crippen LogP contribution in [0.25, 0.3) is 0 Å². The highest BCUT2D eigenvalue weighted by Gasteiger charge is 2.67. The van der Waals surface area contributed by atoms with Gasteiger partial charge in [0.25, 0.3) is 11.8 Å². The number of halogens is 3. The Kier molecular flexibility index (Phi) is 18.3. The number of rotatable bonds is 22. The quantitative estimate of drug-likeness (QED) is 0.0218. The number of carbonyl (C=O) groups is 4. The summed E-state index contributed by atoms with van der Waals surface area (Å²) in [5.74, 6) is -9.17. The highest BCUT2D eigenvalue weighted by molar-refractivity contribution is 6.62. The lowest BCUT2D eigenvalue weighted by Gasteiger charge is -2.46. The molecule has 0 aliphatic carbocycles. The molecule has 0 spiro atoms. The van der Waals surface area contributed by atoms with Crippen LogP contribution in [0.5, 0.6) is 0 Å². The molecule has 1 aliphatic heterocycles. The van der Waals surface area contributed by atoms with Gasteiger partial charge in [0.05, 0.1) is 37.8 Å². The van der Waals surface area contributed by atoms with Gasteiger partial charge in [-0.2, -0.15) is 0 Å². The maximum Gasteiger partial charge on any atom is 0.501 e. The van der Waals surface area contributed by atoms with Gasteiger partial charge in [0.1, 0.15) is 46.4 Å². The molecule has 0 saturated carbocycles. The summed E-state index contributed by atoms with van der Waals surface area (Å²) >= 11 is 0. The first-order valence-electron chi connectivity index (χ1n) is 23.4. The van der Waals surface area contributed by atoms with Crippen LogP contribution in [0.1, 0.15) is 73.7 Å². The van der Waals surface area contributed by atoms with Crippen molar-refractivity contribution in [2.24, 2.45) is 17.3 Å². The summed E-state index contributed by atoms with van der Waals surface area (Å²) in [5.41, 5.74) is -2.13. The molecule has 0 aromatic heterocycles. The lowest BCUT2D eigenvalue weighted by Crippen LogP contribution is -2.57. The van der Waals surface area contributed by atoms with Gasteiger partial charge in [-0.15, -0.1) is 0 Å². The molecule has 5 aromatic carbocycles. The van der Waals surface area contributed by atoms with Crippen LogP contribution in [0.3, 0.4) is 0 Å². The van der Waals surface area contributed by atoms with Crippen LogP contribution in [-0.4, -0.2) is 92.7 Å². The fourth-order valence-corrected chi connectivity index (χ4v) is 8.82. The Labute approximate surface area is 411 Å². The highest BCUT2D eigenvalue weighted by atomic mass is 19.1. The Morgan fingerprint density at radius 1 is 0.648 bits per heavy atom. The van der Waals surface area contributed by atoms with Crippen molar-refractivity contribution in [1.82, 2.24) is 21.4 Å². The molecule has 6 N–H and O–H groups in total. The fraction of sp³-hybridized carbons (Fsp3) is 0.358. The zero-order valence-electron chi connectivity index (χ0n) is 40.3. The van der Waals surface area contributed by atoms with E-state index in [9.17, 15) is 24.3 Å². The predicted molar refractivity (Wildman–Crippen MR) is 258 cm³/mol. The van der Waals surface area contributed by atoms with Gasteiger partial charge in [0.2, 0.25) is 11.8 Å². The Morgan fingerprint density at radius 2 is 1.08 bits per heavy atom. The molecule has 1 heterocycles. The van der Waals surface area contributed by atoms with Crippen LogP contribution >= 0.6 is 0 Å². The van der Waals surface area contributed by atoms with Gasteiger partial charge in [-0.1, -0.05) is 156 Å². The molecule has 5 aromatic rings. The number of amides is 4. The summed E-state index contributed by atoms with van der Waals surface area (Å²) in [6.45, 7) is 8.72. The van der Waals surface area contributed by atoms with Gasteiger partial charge in [-0.05, 0) is 40.0 Å². The normalized spacial score (nSPS) is 15.4. The van der Waals surface area contributed by atoms with Gasteiger partial charge in [0, 0.05) is 19.2 Å². The van der Waals surface area contributed by atoms with E-state index in [-0.39, 0.29) is 51.9 Å². The van der Waals surface area contributed by atoms with Crippen molar-refractivity contribution in [2.45, 2.75) is 64.4 Å². The van der Waals surface area contributed by atoms with Crippen LogP contribution in [0.2, 0.25) is 0 Å². The number of hydroxylamine groups is 1. The number of hydrogen-bond acceptors (Lipinski definition) is 10. The maximum atomic E-state index is 16.9. The third-order valence-electron chi connectivity index (χ3n) is 12.1. The molecule has 6 rings (SSSR count). The van der Waals surface area contributed by atoms with Crippen LogP contribution in [0, 0.1) is 34.7 Å². The zero-order chi connectivity index (χ0) is 51.3. The first kappa shape index (κ1) is 53.9. The third kappa shape index (κ3) is 12.0. The Morgan fingerprint density at radius 3 is 1.49 bits per heavy atom. The van der Waals surface area contributed by atoms with E-state index in [0.717, 1.165) is 0 Å². The van der Waals surface area contributed by atoms with E-state index in [1.54, 1.807) is 34.6 Å². The molecule has 1 aliphatic rings. The topological polar surface area (TPSA) is 194 Å². The maximum absolute atomic E-state index is 16.9. The molecule has 14 nitrogen and oxygen atoms in total. The summed E-state index contributed by atoms with van der Waals surface area (Å²) in [6, 6.07) is 35.9. The summed E-state index contributed by atoms with van der Waals surface area (Å²) in [4.78, 5) is 51.9. The van der Waals surface area contributed by atoms with Gasteiger partial charge in [-0.3, -0.25) is 24.4 Å². The number of aliphatic hydroxyl groups excluding tert-OH is 1. The SMILES string of the molecule is CC(C)C[C@@H](C(=O)N[C@H](C(=O)NCCOCCOCCNC(=O)c1c(F)cc(F)c(B2OC(c3ccccc3)(c3ccccc3)C(c3ccccc3)(c3ccccc3)O2)c1F)C(C)(C)C)[C@H](O)C(=O)NO. The van der Waals surface area contributed by atoms with Crippen molar-refractivity contribution in [1.29, 1.82) is 0 Å². The van der Waals surface area contributed by atoms with E-state index in [0.29, 0.717) is 28.3 Å². The Hall–Kier alpha value is -6.41. The molecular weight excluding hydrogens is 920 g/mol. The van der Waals surface area contributed by atoms with Crippen molar-refractivity contribution in [3.8, 4) is 0 Å². The van der Waals surface area contributed by atoms with E-state index in [1.807, 2.05) is 121 Å². The summed E-state index contributed by atoms with van der Waals surface area (Å²) in [5, 5.41) is 27.2. The van der Waals surface area contributed by atoms with Gasteiger partial charge in [0.15, 0.2) is 0 Å². The summed E-state index contributed by atoms with van der Waals surface area (Å²) < 4.78 is 73.7. The van der Waals surface area contributed by atoms with Crippen molar-refractivity contribution in [3.05, 3.63) is 173 Å². The monoisotopic (exact) mass is 980 g/mol. The van der Waals surface area contributed by atoms with Gasteiger partial charge < -0.3 is 39.8 Å². The summed E-state index contributed by atoms with van der Waals surface area (Å²) in [6.07, 6.45) is -1.73. The van der Waals surface area contributed by atoms with Crippen molar-refractivity contribution < 1.29 is 61.4 Å². The number of ether oxygens (including phenoxy) is 2. The first-order valence-corrected chi connectivity index (χ1v) is 23.4. The van der Waals surface area contributed by atoms with E-state index < -0.39 is 93.9 Å². The Balaban J connectivity index is 1.09. The average Bonchev–Trinajstić information content (AvgIpc) is 3.72. The molecule has 376 valence electrons. The number of carbonyl (C=O) groups excluding carboxylic acids is 4. The first-order chi connectivity index (χ1) is 34.0. The second-order valence-electron chi connectivity index (χ2n) is 18.6. The standard InChI is InChI=1S/C53H60BF3N4O10/c1-34(2)32-39(45(62)49(65)61-67)47(63)60-46(51(3,4)5)50(66)59-27-29-69-31-30-68-28-26-58-48(64)42-40(55)33-41(56)43(44(42)57)54-70-52(35-18-10-6-11-19-35,36-20-12-7-13-21-36)53(71-54,37-22-14-8-15-23-37)38-24-16-9-17-25-38/h6-25,33-34,39,45-46,62,67H,26-32H2,1-5H3,(H,58,64)(H,59,66)(H,60,63)(H,61,65)/t39-,45+,46-/m1/s1. The van der Waals surface area contributed by atoms with Crippen LogP contribution in [0.4, 0.5) is 13.2 Å². The van der Waals surface area contributed by atoms with Gasteiger partial charge in [-0.25, -0.2) is 18.7 Å². The highest BCUT2D eigenvalue weighted by Crippen LogP contribution is 2.58. The molecule has 1 saturated heterocycles. The molecule has 3 atom stereocenters. The second-order valence-corrected chi connectivity index (χ2v) is 18.6. The van der Waals surface area contributed by atoms with E-state index in [2.05, 4.69) is 16.0 Å². The predicted octanol–water partition coefficient (Wildman–Crippen LogP) is 5.67. The number of aliphatic hydroxyl groups is 1. The largest absolute Gasteiger partial charge is 0.501 e. The molecular formula is C53H60BF3N4O10. The minimum atomic E-state index is -1.84. The molecule has 4 amide bonds. The lowest BCUT2D eigenvalue weighted by molar-refractivity contribution is -0.147. The van der Waals surface area contributed by atoms with E-state index in [1.165, 1.54) is 5.48 Å². The zero-order valence-corrected chi connectivity index (χ0v) is 40.3. The number of hydrogen-bond donors (Lipinski definition) is 6. The summed E-state index contributed by atoms with van der Waals surface area (Å²) in [7, 11) is -1.82. The van der Waals surface area contributed by atoms with Crippen molar-refractivity contribution >= 4 is 36.2 Å². The van der Waals surface area contributed by atoms with Crippen LogP contribution in [0.15, 0.2) is 127 Å². The molecule has 1 fully saturated rings. The minimum absolute atomic E-state index is 0.0421. The molecule has 18 heteroatoms. The fourth-order valence-electron chi connectivity index (χ4n) is 8.82. The second kappa shape index (κ2) is 24.1. The van der Waals surface area contributed by atoms with Crippen LogP contribution < -0.4 is 26.9 Å². The number of nitrogens with one attached hydrogen (secondary N) is 4. The van der Waals surface area contributed by atoms with Crippen LogP contribution in [-0.2, 0) is 44.4 Å². The minimum Gasteiger partial charge on any atom is -0.390 e. The van der Waals surface area contributed by atoms with E-state index >= 15 is 13.2 Å². The third-order valence-corrected chi connectivity index (χ3v) is 12.1. The number of benzene rings is 5.